The molecule has 0 aliphatic heterocycles. The van der Waals surface area contributed by atoms with Gasteiger partial charge in [0.25, 0.3) is 0 Å². The van der Waals surface area contributed by atoms with E-state index in [9.17, 15) is 5.11 Å². The van der Waals surface area contributed by atoms with Gasteiger partial charge in [-0.3, -0.25) is 0 Å². The average Bonchev–Trinajstić information content (AvgIpc) is 2.93. The first kappa shape index (κ1) is 19.6. The predicted molar refractivity (Wildman–Crippen MR) is 98.8 cm³/mol. The highest BCUT2D eigenvalue weighted by Crippen LogP contribution is 2.29. The van der Waals surface area contributed by atoms with E-state index in [1.165, 1.54) is 5.57 Å². The second kappa shape index (κ2) is 8.96. The van der Waals surface area contributed by atoms with Gasteiger partial charge in [0, 0.05) is 17.9 Å². The zero-order chi connectivity index (χ0) is 16.8. The molecule has 2 atom stereocenters. The molecule has 0 aliphatic carbocycles. The molecule has 0 spiro atoms. The van der Waals surface area contributed by atoms with Crippen molar-refractivity contribution in [2.24, 2.45) is 5.92 Å². The third-order valence-electron chi connectivity index (χ3n) is 4.58. The van der Waals surface area contributed by atoms with Crippen molar-refractivity contribution in [3.05, 3.63) is 21.7 Å². The van der Waals surface area contributed by atoms with Crippen LogP contribution in [0.1, 0.15) is 45.3 Å². The van der Waals surface area contributed by atoms with Gasteiger partial charge in [0.2, 0.25) is 0 Å². The minimum absolute atomic E-state index is 0.0153. The molecule has 1 aromatic heterocycles. The smallest absolute Gasteiger partial charge is 0.192 e. The number of aromatic nitrogens is 1. The summed E-state index contributed by atoms with van der Waals surface area (Å²) in [6, 6.07) is 3.37. The van der Waals surface area contributed by atoms with Crippen LogP contribution in [0, 0.1) is 12.8 Å². The van der Waals surface area contributed by atoms with Crippen LogP contribution in [0.5, 0.6) is 0 Å². The molecular weight excluding hydrogens is 310 g/mol. The molecule has 1 aromatic rings. The van der Waals surface area contributed by atoms with E-state index in [0.717, 1.165) is 28.8 Å². The fraction of sp³-hybridized carbons (Fsp3) is 0.706. The van der Waals surface area contributed by atoms with Crippen molar-refractivity contribution in [1.29, 1.82) is 0 Å². The van der Waals surface area contributed by atoms with Gasteiger partial charge in [-0.05, 0) is 43.6 Å². The van der Waals surface area contributed by atoms with E-state index in [2.05, 4.69) is 51.1 Å². The van der Waals surface area contributed by atoms with Crippen LogP contribution in [-0.2, 0) is 4.43 Å². The van der Waals surface area contributed by atoms with E-state index in [0.29, 0.717) is 0 Å². The van der Waals surface area contributed by atoms with Gasteiger partial charge >= 0.3 is 0 Å². The molecule has 0 fully saturated rings. The van der Waals surface area contributed by atoms with Crippen molar-refractivity contribution in [3.8, 4) is 0 Å². The summed E-state index contributed by atoms with van der Waals surface area (Å²) in [7, 11) is -1.70. The van der Waals surface area contributed by atoms with Crippen LogP contribution < -0.4 is 0 Å². The topological polar surface area (TPSA) is 42.4 Å². The van der Waals surface area contributed by atoms with Crippen molar-refractivity contribution in [3.63, 3.8) is 0 Å². The lowest BCUT2D eigenvalue weighted by Crippen LogP contribution is -2.43. The number of aliphatic hydroxyl groups is 1. The van der Waals surface area contributed by atoms with Crippen LogP contribution in [-0.4, -0.2) is 31.1 Å². The van der Waals surface area contributed by atoms with Crippen LogP contribution in [0.4, 0.5) is 0 Å². The molecule has 1 rings (SSSR count). The molecule has 22 heavy (non-hydrogen) atoms. The van der Waals surface area contributed by atoms with Crippen LogP contribution in [0.2, 0.25) is 18.1 Å². The van der Waals surface area contributed by atoms with Crippen LogP contribution in [0.15, 0.2) is 11.0 Å². The standard InChI is InChI=1S/C17H31NO2SSi/c1-7-22(8-2,9-3)20-17(14(5)11-19)13(4)10-16-12-21-15(6)18-16/h10,12,14,17,19H,7-9,11H2,1-6H3. The first-order valence-electron chi connectivity index (χ1n) is 8.30. The highest BCUT2D eigenvalue weighted by Gasteiger charge is 2.34. The Bertz CT molecular complexity index is 474. The number of rotatable bonds is 9. The van der Waals surface area contributed by atoms with E-state index >= 15 is 0 Å². The molecule has 0 aromatic carbocycles. The van der Waals surface area contributed by atoms with Crippen LogP contribution in [0.3, 0.4) is 0 Å². The SMILES string of the molecule is CC[Si](CC)(CC)OC(C(C)=Cc1csc(C)n1)C(C)CO. The van der Waals surface area contributed by atoms with Gasteiger partial charge in [-0.25, -0.2) is 4.98 Å². The number of hydrogen-bond acceptors (Lipinski definition) is 4. The van der Waals surface area contributed by atoms with Gasteiger partial charge < -0.3 is 9.53 Å². The van der Waals surface area contributed by atoms with Gasteiger partial charge in [-0.2, -0.15) is 0 Å². The Morgan fingerprint density at radius 1 is 1.36 bits per heavy atom. The quantitative estimate of drug-likeness (QED) is 0.651. The number of aryl methyl sites for hydroxylation is 1. The van der Waals surface area contributed by atoms with E-state index in [1.54, 1.807) is 11.3 Å². The molecule has 1 N–H and O–H groups in total. The van der Waals surface area contributed by atoms with Crippen molar-refractivity contribution in [1.82, 2.24) is 4.98 Å². The minimum atomic E-state index is -1.70. The normalized spacial score (nSPS) is 15.9. The third kappa shape index (κ3) is 5.01. The van der Waals surface area contributed by atoms with Crippen LogP contribution >= 0.6 is 11.3 Å². The second-order valence-corrected chi connectivity index (χ2v) is 11.9. The zero-order valence-corrected chi connectivity index (χ0v) is 16.7. The average molecular weight is 342 g/mol. The fourth-order valence-electron chi connectivity index (χ4n) is 2.78. The predicted octanol–water partition coefficient (Wildman–Crippen LogP) is 4.87. The van der Waals surface area contributed by atoms with E-state index in [-0.39, 0.29) is 18.6 Å². The second-order valence-electron chi connectivity index (χ2n) is 6.12. The van der Waals surface area contributed by atoms with E-state index in [1.807, 2.05) is 6.92 Å². The number of aliphatic hydroxyl groups excluding tert-OH is 1. The first-order chi connectivity index (χ1) is 10.4. The Labute approximate surface area is 140 Å². The van der Waals surface area contributed by atoms with Crippen molar-refractivity contribution in [2.45, 2.75) is 65.8 Å². The maximum absolute atomic E-state index is 9.63. The van der Waals surface area contributed by atoms with Crippen LogP contribution in [0.25, 0.3) is 6.08 Å². The summed E-state index contributed by atoms with van der Waals surface area (Å²) in [6.45, 7) is 13.0. The van der Waals surface area contributed by atoms with Gasteiger partial charge in [0.1, 0.15) is 0 Å². The Morgan fingerprint density at radius 2 is 1.95 bits per heavy atom. The molecule has 0 radical (unpaired) electrons. The molecule has 5 heteroatoms. The summed E-state index contributed by atoms with van der Waals surface area (Å²) in [6.07, 6.45) is 2.10. The van der Waals surface area contributed by atoms with Gasteiger partial charge in [-0.15, -0.1) is 11.3 Å². The summed E-state index contributed by atoms with van der Waals surface area (Å²) < 4.78 is 6.67. The summed E-state index contributed by atoms with van der Waals surface area (Å²) in [5.41, 5.74) is 2.16. The Hall–Kier alpha value is -0.493. The molecule has 0 saturated heterocycles. The monoisotopic (exact) mass is 341 g/mol. The number of hydrogen-bond donors (Lipinski definition) is 1. The van der Waals surface area contributed by atoms with Crippen molar-refractivity contribution in [2.75, 3.05) is 6.61 Å². The lowest BCUT2D eigenvalue weighted by molar-refractivity contribution is 0.113. The first-order valence-corrected chi connectivity index (χ1v) is 11.7. The Morgan fingerprint density at radius 3 is 2.36 bits per heavy atom. The van der Waals surface area contributed by atoms with E-state index < -0.39 is 8.32 Å². The molecular formula is C17H31NO2SSi. The van der Waals surface area contributed by atoms with E-state index in [4.69, 9.17) is 4.43 Å². The molecule has 0 saturated carbocycles. The van der Waals surface area contributed by atoms with Crippen molar-refractivity contribution < 1.29 is 9.53 Å². The molecule has 126 valence electrons. The Balaban J connectivity index is 3.04. The summed E-state index contributed by atoms with van der Waals surface area (Å²) in [4.78, 5) is 4.51. The molecule has 3 nitrogen and oxygen atoms in total. The molecule has 0 aliphatic rings. The maximum Gasteiger partial charge on any atom is 0.192 e. The molecule has 2 unspecified atom stereocenters. The minimum Gasteiger partial charge on any atom is -0.410 e. The zero-order valence-electron chi connectivity index (χ0n) is 14.8. The summed E-state index contributed by atoms with van der Waals surface area (Å²) in [5, 5.41) is 12.8. The third-order valence-corrected chi connectivity index (χ3v) is 9.99. The highest BCUT2D eigenvalue weighted by molar-refractivity contribution is 7.09. The van der Waals surface area contributed by atoms with Gasteiger partial charge in [-0.1, -0.05) is 27.7 Å². The lowest BCUT2D eigenvalue weighted by atomic mass is 9.98. The molecule has 0 amide bonds. The molecule has 0 bridgehead atoms. The highest BCUT2D eigenvalue weighted by atomic mass is 32.1. The number of thiazole rings is 1. The summed E-state index contributed by atoms with van der Waals surface area (Å²) in [5.74, 6) is 0.104. The summed E-state index contributed by atoms with van der Waals surface area (Å²) >= 11 is 1.66. The van der Waals surface area contributed by atoms with Gasteiger partial charge in [0.05, 0.1) is 16.8 Å². The largest absolute Gasteiger partial charge is 0.410 e. The Kier molecular flexibility index (Phi) is 7.97. The fourth-order valence-corrected chi connectivity index (χ4v) is 6.31. The molecule has 1 heterocycles. The van der Waals surface area contributed by atoms with Gasteiger partial charge in [0.15, 0.2) is 8.32 Å². The van der Waals surface area contributed by atoms with Crippen molar-refractivity contribution >= 4 is 25.7 Å². The number of nitrogens with zero attached hydrogens (tertiary/aromatic N) is 1. The maximum atomic E-state index is 9.63. The lowest BCUT2D eigenvalue weighted by Gasteiger charge is -2.36.